The zero-order chi connectivity index (χ0) is 21.1. The number of thiazole rings is 1. The largest absolute Gasteiger partial charge is 0.477 e. The van der Waals surface area contributed by atoms with Crippen molar-refractivity contribution >= 4 is 58.1 Å². The molecule has 0 aliphatic carbocycles. The first kappa shape index (κ1) is 20.5. The van der Waals surface area contributed by atoms with Crippen LogP contribution in [0, 0.1) is 0 Å². The first-order chi connectivity index (χ1) is 13.9. The summed E-state index contributed by atoms with van der Waals surface area (Å²) in [4.78, 5) is 57.4. The first-order valence-electron chi connectivity index (χ1n) is 8.04. The standard InChI is InChI=1S/C16H15N5O6S2/c1-3-7-5-28-14-10(13(24)21(14)11(7)15(25)26)19-12(23)9(20-27-2)8-4-17-16(29-8)18-6-22/h3-4,6,10,14H,1,5H2,2H3,(H,19,23)(H,25,26)(H,17,18,22)/b20-9-/t10?,14-/m1/s1. The number of aromatic nitrogens is 1. The van der Waals surface area contributed by atoms with Gasteiger partial charge >= 0.3 is 5.97 Å². The van der Waals surface area contributed by atoms with Crippen molar-refractivity contribution in [2.24, 2.45) is 5.16 Å². The van der Waals surface area contributed by atoms with E-state index in [0.29, 0.717) is 22.6 Å². The summed E-state index contributed by atoms with van der Waals surface area (Å²) in [5.41, 5.74) is 0.187. The maximum absolute atomic E-state index is 12.7. The van der Waals surface area contributed by atoms with E-state index in [1.165, 1.54) is 31.1 Å². The molecule has 0 aromatic carbocycles. The maximum atomic E-state index is 12.7. The van der Waals surface area contributed by atoms with Crippen LogP contribution in [0.5, 0.6) is 0 Å². The summed E-state index contributed by atoms with van der Waals surface area (Å²) in [5.74, 6) is -2.12. The van der Waals surface area contributed by atoms with E-state index in [0.717, 1.165) is 16.2 Å². The van der Waals surface area contributed by atoms with Gasteiger partial charge in [0.1, 0.15) is 24.2 Å². The lowest BCUT2D eigenvalue weighted by Crippen LogP contribution is -2.71. The van der Waals surface area contributed by atoms with Gasteiger partial charge in [0.15, 0.2) is 10.8 Å². The van der Waals surface area contributed by atoms with Gasteiger partial charge in [-0.2, -0.15) is 0 Å². The molecule has 0 saturated carbocycles. The van der Waals surface area contributed by atoms with Gasteiger partial charge in [-0.1, -0.05) is 29.1 Å². The van der Waals surface area contributed by atoms with E-state index in [9.17, 15) is 24.3 Å². The predicted molar refractivity (Wildman–Crippen MR) is 105 cm³/mol. The zero-order valence-corrected chi connectivity index (χ0v) is 16.6. The number of hydrogen-bond acceptors (Lipinski definition) is 9. The minimum atomic E-state index is -1.23. The highest BCUT2D eigenvalue weighted by Crippen LogP contribution is 2.40. The number of fused-ring (bicyclic) bond motifs is 1. The highest BCUT2D eigenvalue weighted by atomic mass is 32.2. The molecule has 1 unspecified atom stereocenters. The number of aliphatic carboxylic acids is 1. The molecule has 1 saturated heterocycles. The van der Waals surface area contributed by atoms with Crippen LogP contribution in [0.2, 0.25) is 0 Å². The number of allylic oxidation sites excluding steroid dienone is 1. The van der Waals surface area contributed by atoms with Gasteiger partial charge in [-0.25, -0.2) is 9.78 Å². The number of nitrogens with zero attached hydrogens (tertiary/aromatic N) is 3. The van der Waals surface area contributed by atoms with Crippen molar-refractivity contribution in [3.63, 3.8) is 0 Å². The highest BCUT2D eigenvalue weighted by molar-refractivity contribution is 8.00. The summed E-state index contributed by atoms with van der Waals surface area (Å²) >= 11 is 2.32. The van der Waals surface area contributed by atoms with E-state index in [1.54, 1.807) is 0 Å². The molecule has 29 heavy (non-hydrogen) atoms. The van der Waals surface area contributed by atoms with Crippen molar-refractivity contribution in [3.05, 3.63) is 35.0 Å². The van der Waals surface area contributed by atoms with E-state index in [4.69, 9.17) is 4.84 Å². The lowest BCUT2D eigenvalue weighted by Gasteiger charge is -2.49. The molecule has 0 radical (unpaired) electrons. The van der Waals surface area contributed by atoms with Crippen LogP contribution in [-0.4, -0.2) is 69.2 Å². The average molecular weight is 437 g/mol. The number of thioether (sulfide) groups is 1. The van der Waals surface area contributed by atoms with Crippen molar-refractivity contribution in [3.8, 4) is 0 Å². The van der Waals surface area contributed by atoms with Crippen molar-refractivity contribution in [1.82, 2.24) is 15.2 Å². The second-order valence-electron chi connectivity index (χ2n) is 5.66. The summed E-state index contributed by atoms with van der Waals surface area (Å²) in [5, 5.41) is 17.8. The van der Waals surface area contributed by atoms with Crippen LogP contribution in [0.15, 0.2) is 35.3 Å². The molecule has 3 amide bonds. The minimum Gasteiger partial charge on any atom is -0.477 e. The molecule has 1 aromatic heterocycles. The number of carbonyl (C=O) groups excluding carboxylic acids is 3. The van der Waals surface area contributed by atoms with Gasteiger partial charge in [0, 0.05) is 11.9 Å². The van der Waals surface area contributed by atoms with E-state index in [2.05, 4.69) is 27.4 Å². The molecule has 3 rings (SSSR count). The van der Waals surface area contributed by atoms with E-state index < -0.39 is 29.2 Å². The van der Waals surface area contributed by atoms with Gasteiger partial charge in [0.25, 0.3) is 11.8 Å². The van der Waals surface area contributed by atoms with Crippen molar-refractivity contribution < 1.29 is 29.1 Å². The fraction of sp³-hybridized carbons (Fsp3) is 0.250. The van der Waals surface area contributed by atoms with Gasteiger partial charge in [-0.05, 0) is 5.57 Å². The normalized spacial score (nSPS) is 21.1. The summed E-state index contributed by atoms with van der Waals surface area (Å²) < 4.78 is 0. The maximum Gasteiger partial charge on any atom is 0.352 e. The van der Waals surface area contributed by atoms with Crippen LogP contribution < -0.4 is 10.6 Å². The molecular weight excluding hydrogens is 422 g/mol. The van der Waals surface area contributed by atoms with Gasteiger partial charge in [-0.15, -0.1) is 11.8 Å². The Bertz CT molecular complexity index is 955. The topological polar surface area (TPSA) is 150 Å². The summed E-state index contributed by atoms with van der Waals surface area (Å²) in [6, 6.07) is -0.921. The minimum absolute atomic E-state index is 0.128. The quantitative estimate of drug-likeness (QED) is 0.222. The SMILES string of the molecule is C=CC1=C(C(=O)O)N2C(=O)C(NC(=O)/C(=N\OC)c3cnc(NC=O)s3)[C@H]2SC1. The first-order valence-corrected chi connectivity index (χ1v) is 9.91. The molecule has 0 bridgehead atoms. The molecule has 1 fully saturated rings. The van der Waals surface area contributed by atoms with Crippen LogP contribution in [-0.2, 0) is 24.0 Å². The monoisotopic (exact) mass is 437 g/mol. The highest BCUT2D eigenvalue weighted by Gasteiger charge is 2.54. The van der Waals surface area contributed by atoms with Crippen molar-refractivity contribution in [2.45, 2.75) is 11.4 Å². The number of carbonyl (C=O) groups is 4. The van der Waals surface area contributed by atoms with E-state index in [1.807, 2.05) is 0 Å². The number of anilines is 1. The lowest BCUT2D eigenvalue weighted by molar-refractivity contribution is -0.150. The second kappa shape index (κ2) is 8.45. The smallest absolute Gasteiger partial charge is 0.352 e. The number of carboxylic acids is 1. The Balaban J connectivity index is 1.78. The molecule has 3 N–H and O–H groups in total. The molecule has 152 valence electrons. The third-order valence-corrected chi connectivity index (χ3v) is 6.29. The Kier molecular flexibility index (Phi) is 5.98. The van der Waals surface area contributed by atoms with Gasteiger partial charge in [-0.3, -0.25) is 19.3 Å². The van der Waals surface area contributed by atoms with Gasteiger partial charge in [0.05, 0.1) is 4.88 Å². The molecule has 2 aliphatic heterocycles. The van der Waals surface area contributed by atoms with Crippen molar-refractivity contribution in [1.29, 1.82) is 0 Å². The molecule has 2 atom stereocenters. The average Bonchev–Trinajstić information content (AvgIpc) is 3.17. The van der Waals surface area contributed by atoms with Crippen LogP contribution in [0.4, 0.5) is 5.13 Å². The molecule has 2 aliphatic rings. The number of carboxylic acid groups (broad SMARTS) is 1. The van der Waals surface area contributed by atoms with Crippen LogP contribution in [0.1, 0.15) is 4.88 Å². The zero-order valence-electron chi connectivity index (χ0n) is 14.9. The predicted octanol–water partition coefficient (Wildman–Crippen LogP) is -0.0135. The fourth-order valence-corrected chi connectivity index (χ4v) is 4.89. The van der Waals surface area contributed by atoms with E-state index in [-0.39, 0.29) is 16.5 Å². The summed E-state index contributed by atoms with van der Waals surface area (Å²) in [7, 11) is 1.26. The third-order valence-electron chi connectivity index (χ3n) is 4.05. The molecule has 13 heteroatoms. The fourth-order valence-electron chi connectivity index (χ4n) is 2.80. The number of amides is 3. The van der Waals surface area contributed by atoms with Crippen LogP contribution in [0.25, 0.3) is 0 Å². The molecule has 11 nitrogen and oxygen atoms in total. The number of nitrogens with one attached hydrogen (secondary N) is 2. The molecule has 0 spiro atoms. The van der Waals surface area contributed by atoms with Gasteiger partial charge < -0.3 is 20.6 Å². The van der Waals surface area contributed by atoms with Crippen LogP contribution in [0.3, 0.4) is 0 Å². The molecule has 3 heterocycles. The Labute approximate surface area is 172 Å². The molecule has 1 aromatic rings. The summed E-state index contributed by atoms with van der Waals surface area (Å²) in [6.07, 6.45) is 3.19. The number of oxime groups is 1. The Morgan fingerprint density at radius 1 is 1.52 bits per heavy atom. The molecular formula is C16H15N5O6S2. The lowest BCUT2D eigenvalue weighted by atomic mass is 10.0. The van der Waals surface area contributed by atoms with Crippen molar-refractivity contribution in [2.75, 3.05) is 18.2 Å². The third kappa shape index (κ3) is 3.73. The Morgan fingerprint density at radius 2 is 2.28 bits per heavy atom. The van der Waals surface area contributed by atoms with Crippen LogP contribution >= 0.6 is 23.1 Å². The Hall–Kier alpha value is -3.19. The van der Waals surface area contributed by atoms with Gasteiger partial charge in [0.2, 0.25) is 6.41 Å². The summed E-state index contributed by atoms with van der Waals surface area (Å²) in [6.45, 7) is 3.58. The number of rotatable bonds is 8. The second-order valence-corrected chi connectivity index (χ2v) is 7.79. The number of hydrogen-bond donors (Lipinski definition) is 3. The number of β-lactam (4-membered cyclic amide) rings is 1. The Morgan fingerprint density at radius 3 is 2.90 bits per heavy atom. The van der Waals surface area contributed by atoms with E-state index >= 15 is 0 Å².